The van der Waals surface area contributed by atoms with Gasteiger partial charge < -0.3 is 19.4 Å². The predicted octanol–water partition coefficient (Wildman–Crippen LogP) is 3.95. The average molecular weight is 529 g/mol. The van der Waals surface area contributed by atoms with Gasteiger partial charge in [0.15, 0.2) is 5.92 Å². The van der Waals surface area contributed by atoms with Gasteiger partial charge in [0.1, 0.15) is 29.6 Å². The van der Waals surface area contributed by atoms with E-state index in [2.05, 4.69) is 9.97 Å². The van der Waals surface area contributed by atoms with Crippen LogP contribution in [0.2, 0.25) is 0 Å². The van der Waals surface area contributed by atoms with Crippen LogP contribution in [0.15, 0.2) is 73.1 Å². The first-order valence-electron chi connectivity index (χ1n) is 12.5. The quantitative estimate of drug-likeness (QED) is 0.153. The van der Waals surface area contributed by atoms with E-state index in [4.69, 9.17) is 14.2 Å². The summed E-state index contributed by atoms with van der Waals surface area (Å²) in [5.41, 5.74) is 2.59. The molecule has 1 unspecified atom stereocenters. The highest BCUT2D eigenvalue weighted by Crippen LogP contribution is 2.39. The number of benzene rings is 2. The van der Waals surface area contributed by atoms with E-state index in [1.165, 1.54) is 13.8 Å². The first-order chi connectivity index (χ1) is 18.6. The SMILES string of the molecule is Cc1c(C)[n+]([O-])c(C(c2cccc(Oc3ncccn3)c2)C2C(=O)OC(C)(C)OC2=O)n1Cc1ccccc1. The minimum atomic E-state index is -1.43. The molecule has 10 nitrogen and oxygen atoms in total. The molecule has 2 aromatic heterocycles. The number of nitrogens with zero attached hydrogens (tertiary/aromatic N) is 4. The van der Waals surface area contributed by atoms with Crippen molar-refractivity contribution in [3.63, 3.8) is 0 Å². The van der Waals surface area contributed by atoms with Crippen molar-refractivity contribution >= 4 is 11.9 Å². The number of carbonyl (C=O) groups is 2. The summed E-state index contributed by atoms with van der Waals surface area (Å²) in [6.07, 6.45) is 3.10. The van der Waals surface area contributed by atoms with Crippen LogP contribution in [-0.4, -0.2) is 32.3 Å². The van der Waals surface area contributed by atoms with Crippen molar-refractivity contribution in [1.82, 2.24) is 14.5 Å². The monoisotopic (exact) mass is 528 g/mol. The number of cyclic esters (lactones) is 2. The summed E-state index contributed by atoms with van der Waals surface area (Å²) in [6, 6.07) is 18.2. The summed E-state index contributed by atoms with van der Waals surface area (Å²) in [7, 11) is 0. The van der Waals surface area contributed by atoms with E-state index in [1.54, 1.807) is 49.6 Å². The topological polar surface area (TPSA) is 119 Å². The van der Waals surface area contributed by atoms with Gasteiger partial charge in [-0.3, -0.25) is 9.59 Å². The molecule has 200 valence electrons. The van der Waals surface area contributed by atoms with Crippen molar-refractivity contribution in [3.8, 4) is 11.8 Å². The first kappa shape index (κ1) is 25.9. The van der Waals surface area contributed by atoms with Crippen molar-refractivity contribution < 1.29 is 28.5 Å². The lowest BCUT2D eigenvalue weighted by Gasteiger charge is -2.35. The summed E-state index contributed by atoms with van der Waals surface area (Å²) in [5.74, 6) is -4.87. The van der Waals surface area contributed by atoms with Crippen LogP contribution in [0.25, 0.3) is 0 Å². The maximum Gasteiger partial charge on any atom is 0.324 e. The Kier molecular flexibility index (Phi) is 6.78. The molecule has 4 aromatic rings. The normalized spacial score (nSPS) is 15.9. The van der Waals surface area contributed by atoms with E-state index in [0.717, 1.165) is 10.3 Å². The zero-order valence-electron chi connectivity index (χ0n) is 22.0. The lowest BCUT2D eigenvalue weighted by molar-refractivity contribution is -0.621. The van der Waals surface area contributed by atoms with Gasteiger partial charge in [0, 0.05) is 40.1 Å². The lowest BCUT2D eigenvalue weighted by Crippen LogP contribution is -2.50. The fourth-order valence-electron chi connectivity index (χ4n) is 4.76. The van der Waals surface area contributed by atoms with Gasteiger partial charge in [0.25, 0.3) is 11.6 Å². The molecule has 1 fully saturated rings. The Morgan fingerprint density at radius 3 is 2.33 bits per heavy atom. The maximum atomic E-state index is 13.7. The second-order valence-corrected chi connectivity index (χ2v) is 9.80. The Labute approximate surface area is 225 Å². The molecule has 1 saturated heterocycles. The molecular weight excluding hydrogens is 500 g/mol. The molecule has 39 heavy (non-hydrogen) atoms. The van der Waals surface area contributed by atoms with Crippen molar-refractivity contribution in [1.29, 1.82) is 0 Å². The minimum Gasteiger partial charge on any atom is -0.711 e. The molecule has 1 aliphatic heterocycles. The molecule has 1 atom stereocenters. The zero-order valence-corrected chi connectivity index (χ0v) is 22.0. The van der Waals surface area contributed by atoms with Gasteiger partial charge in [-0.25, -0.2) is 19.3 Å². The van der Waals surface area contributed by atoms with Crippen LogP contribution in [0.4, 0.5) is 0 Å². The molecule has 0 radical (unpaired) electrons. The first-order valence-corrected chi connectivity index (χ1v) is 12.5. The van der Waals surface area contributed by atoms with Crippen molar-refractivity contribution in [2.45, 2.75) is 45.9 Å². The average Bonchev–Trinajstić information content (AvgIpc) is 3.10. The summed E-state index contributed by atoms with van der Waals surface area (Å²) in [6.45, 7) is 6.87. The van der Waals surface area contributed by atoms with Crippen LogP contribution in [0.5, 0.6) is 11.8 Å². The van der Waals surface area contributed by atoms with Crippen LogP contribution >= 0.6 is 0 Å². The standard InChI is InChI=1S/C29H28N4O6/c1-18-19(2)33(36)25(32(18)17-20-10-6-5-7-11-20)23(24-26(34)38-29(3,4)39-27(24)35)21-12-8-13-22(16-21)37-28-30-14-9-15-31-28/h5-16,23-24H,17H2,1-4H3. The molecule has 0 bridgehead atoms. The Morgan fingerprint density at radius 1 is 1.00 bits per heavy atom. The van der Waals surface area contributed by atoms with E-state index < -0.39 is 29.6 Å². The second kappa shape index (κ2) is 10.2. The number of imidazole rings is 1. The smallest absolute Gasteiger partial charge is 0.324 e. The molecule has 1 aliphatic rings. The van der Waals surface area contributed by atoms with E-state index in [0.29, 0.717) is 29.2 Å². The largest absolute Gasteiger partial charge is 0.711 e. The molecule has 5 rings (SSSR count). The highest BCUT2D eigenvalue weighted by atomic mass is 16.7. The van der Waals surface area contributed by atoms with Gasteiger partial charge in [-0.1, -0.05) is 42.5 Å². The molecular formula is C29H28N4O6. The molecule has 3 heterocycles. The Balaban J connectivity index is 1.67. The number of carbonyl (C=O) groups excluding carboxylic acids is 2. The molecule has 0 saturated carbocycles. The van der Waals surface area contributed by atoms with E-state index in [1.807, 2.05) is 41.8 Å². The van der Waals surface area contributed by atoms with E-state index in [9.17, 15) is 14.8 Å². The number of hydrogen-bond donors (Lipinski definition) is 0. The molecule has 0 amide bonds. The van der Waals surface area contributed by atoms with Gasteiger partial charge in [0.2, 0.25) is 0 Å². The van der Waals surface area contributed by atoms with Gasteiger partial charge in [-0.2, -0.15) is 0 Å². The Bertz CT molecular complexity index is 1500. The zero-order chi connectivity index (χ0) is 27.7. The van der Waals surface area contributed by atoms with E-state index >= 15 is 0 Å². The Hall–Kier alpha value is -4.73. The summed E-state index contributed by atoms with van der Waals surface area (Å²) >= 11 is 0. The van der Waals surface area contributed by atoms with Crippen LogP contribution in [0.3, 0.4) is 0 Å². The summed E-state index contributed by atoms with van der Waals surface area (Å²) < 4.78 is 19.4. The number of aromatic nitrogens is 4. The van der Waals surface area contributed by atoms with Gasteiger partial charge in [-0.05, 0) is 29.3 Å². The third kappa shape index (κ3) is 5.18. The van der Waals surface area contributed by atoms with Crippen molar-refractivity contribution in [2.24, 2.45) is 5.92 Å². The van der Waals surface area contributed by atoms with Gasteiger partial charge >= 0.3 is 17.9 Å². The van der Waals surface area contributed by atoms with Crippen LogP contribution in [-0.2, 0) is 25.6 Å². The fraction of sp³-hybridized carbons (Fsp3) is 0.276. The summed E-state index contributed by atoms with van der Waals surface area (Å²) in [5, 5.41) is 13.7. The number of ether oxygens (including phenoxy) is 3. The summed E-state index contributed by atoms with van der Waals surface area (Å²) in [4.78, 5) is 34.9. The van der Waals surface area contributed by atoms with Crippen LogP contribution < -0.4 is 9.47 Å². The maximum absolute atomic E-state index is 13.7. The minimum absolute atomic E-state index is 0.127. The molecule has 10 heteroatoms. The lowest BCUT2D eigenvalue weighted by atomic mass is 9.84. The van der Waals surface area contributed by atoms with E-state index in [-0.39, 0.29) is 11.8 Å². The third-order valence-electron chi connectivity index (χ3n) is 6.68. The van der Waals surface area contributed by atoms with Crippen molar-refractivity contribution in [3.05, 3.63) is 107 Å². The van der Waals surface area contributed by atoms with Crippen LogP contribution in [0.1, 0.15) is 48.1 Å². The predicted molar refractivity (Wildman–Crippen MR) is 139 cm³/mol. The molecule has 0 aliphatic carbocycles. The van der Waals surface area contributed by atoms with Crippen molar-refractivity contribution in [2.75, 3.05) is 0 Å². The highest BCUT2D eigenvalue weighted by molar-refractivity contribution is 5.98. The molecule has 0 N–H and O–H groups in total. The van der Waals surface area contributed by atoms with Crippen LogP contribution in [0, 0.1) is 25.0 Å². The number of rotatable bonds is 7. The molecule has 2 aromatic carbocycles. The highest BCUT2D eigenvalue weighted by Gasteiger charge is 2.52. The van der Waals surface area contributed by atoms with Gasteiger partial charge in [-0.15, -0.1) is 0 Å². The van der Waals surface area contributed by atoms with Gasteiger partial charge in [0.05, 0.1) is 0 Å². The third-order valence-corrected chi connectivity index (χ3v) is 6.68. The number of hydrogen-bond acceptors (Lipinski definition) is 8. The fourth-order valence-corrected chi connectivity index (χ4v) is 4.76. The second-order valence-electron chi connectivity index (χ2n) is 9.80. The molecule has 0 spiro atoms. The Morgan fingerprint density at radius 2 is 1.67 bits per heavy atom. The number of esters is 2.